The molecule has 0 aromatic heterocycles. The zero-order chi connectivity index (χ0) is 20.1. The first-order valence-electron chi connectivity index (χ1n) is 10.6. The van der Waals surface area contributed by atoms with Crippen LogP contribution in [-0.2, 0) is 4.79 Å². The molecule has 4 N–H and O–H groups in total. The molecule has 158 valence electrons. The molecule has 0 aromatic rings. The minimum atomic E-state index is -0.718. The number of carboxylic acids is 1. The van der Waals surface area contributed by atoms with Crippen LogP contribution >= 0.6 is 0 Å². The summed E-state index contributed by atoms with van der Waals surface area (Å²) in [4.78, 5) is 20.0. The third kappa shape index (κ3) is 5.68. The van der Waals surface area contributed by atoms with Crippen LogP contribution in [0.4, 0.5) is 0 Å². The maximum atomic E-state index is 10.9. The molecule has 3 aliphatic heterocycles. The number of likely N-dealkylation sites (tertiary alicyclic amines) is 2. The van der Waals surface area contributed by atoms with Crippen molar-refractivity contribution in [1.82, 2.24) is 19.6 Å². The Balaban J connectivity index is 1.34. The van der Waals surface area contributed by atoms with Crippen molar-refractivity contribution in [1.29, 1.82) is 5.41 Å². The number of nitrogens with zero attached hydrogens (tertiary/aromatic N) is 4. The van der Waals surface area contributed by atoms with Crippen LogP contribution in [0.2, 0.25) is 0 Å². The van der Waals surface area contributed by atoms with Gasteiger partial charge in [-0.3, -0.25) is 15.1 Å². The Bertz CT molecular complexity index is 579. The molecule has 3 heterocycles. The minimum Gasteiger partial charge on any atom is -0.480 e. The zero-order valence-electron chi connectivity index (χ0n) is 17.1. The molecule has 2 fully saturated rings. The van der Waals surface area contributed by atoms with Crippen molar-refractivity contribution in [2.75, 3.05) is 59.4 Å². The largest absolute Gasteiger partial charge is 0.480 e. The second-order valence-electron chi connectivity index (χ2n) is 8.53. The number of hydrogen-bond donors (Lipinski definition) is 3. The molecule has 3 aliphatic rings. The van der Waals surface area contributed by atoms with Crippen LogP contribution in [0.15, 0.2) is 11.6 Å². The maximum Gasteiger partial charge on any atom is 0.317 e. The lowest BCUT2D eigenvalue weighted by Crippen LogP contribution is -2.51. The smallest absolute Gasteiger partial charge is 0.317 e. The highest BCUT2D eigenvalue weighted by atomic mass is 16.4. The molecule has 0 bridgehead atoms. The molecular formula is C20H36N6O2. The predicted molar refractivity (Wildman–Crippen MR) is 111 cm³/mol. The van der Waals surface area contributed by atoms with Gasteiger partial charge in [0.2, 0.25) is 0 Å². The number of carbonyl (C=O) groups is 1. The van der Waals surface area contributed by atoms with Gasteiger partial charge in [0.25, 0.3) is 0 Å². The van der Waals surface area contributed by atoms with E-state index in [4.69, 9.17) is 16.2 Å². The molecule has 0 saturated carbocycles. The number of nitrogens with one attached hydrogen (secondary N) is 1. The lowest BCUT2D eigenvalue weighted by molar-refractivity contribution is -0.138. The zero-order valence-corrected chi connectivity index (χ0v) is 17.1. The lowest BCUT2D eigenvalue weighted by Gasteiger charge is -2.43. The van der Waals surface area contributed by atoms with E-state index < -0.39 is 5.97 Å². The summed E-state index contributed by atoms with van der Waals surface area (Å²) < 4.78 is 0. The van der Waals surface area contributed by atoms with Gasteiger partial charge in [0, 0.05) is 44.8 Å². The summed E-state index contributed by atoms with van der Waals surface area (Å²) in [7, 11) is 2.24. The van der Waals surface area contributed by atoms with Crippen LogP contribution in [0.25, 0.3) is 0 Å². The number of carboxylic acid groups (broad SMARTS) is 1. The summed E-state index contributed by atoms with van der Waals surface area (Å²) in [5, 5.41) is 16.5. The number of piperidine rings is 2. The molecule has 0 spiro atoms. The number of rotatable bonds is 7. The van der Waals surface area contributed by atoms with Gasteiger partial charge in [0.05, 0.1) is 6.54 Å². The van der Waals surface area contributed by atoms with Crippen molar-refractivity contribution in [2.45, 2.75) is 44.2 Å². The van der Waals surface area contributed by atoms with Gasteiger partial charge < -0.3 is 25.5 Å². The van der Waals surface area contributed by atoms with E-state index in [2.05, 4.69) is 27.8 Å². The molecule has 0 radical (unpaired) electrons. The fourth-order valence-corrected chi connectivity index (χ4v) is 4.81. The van der Waals surface area contributed by atoms with Crippen LogP contribution in [0, 0.1) is 5.41 Å². The molecule has 0 amide bonds. The summed E-state index contributed by atoms with van der Waals surface area (Å²) >= 11 is 0. The van der Waals surface area contributed by atoms with Gasteiger partial charge in [0.1, 0.15) is 0 Å². The summed E-state index contributed by atoms with van der Waals surface area (Å²) in [6.45, 7) is 6.95. The van der Waals surface area contributed by atoms with E-state index in [-0.39, 0.29) is 12.5 Å². The van der Waals surface area contributed by atoms with E-state index in [1.165, 1.54) is 18.4 Å². The van der Waals surface area contributed by atoms with Gasteiger partial charge in [-0.15, -0.1) is 0 Å². The van der Waals surface area contributed by atoms with Crippen LogP contribution in [0.1, 0.15) is 32.1 Å². The van der Waals surface area contributed by atoms with Crippen molar-refractivity contribution < 1.29 is 9.90 Å². The Morgan fingerprint density at radius 2 is 1.93 bits per heavy atom. The Kier molecular flexibility index (Phi) is 7.31. The van der Waals surface area contributed by atoms with Crippen LogP contribution in [0.5, 0.6) is 0 Å². The quantitative estimate of drug-likeness (QED) is 0.329. The summed E-state index contributed by atoms with van der Waals surface area (Å²) in [6.07, 6.45) is 7.88. The van der Waals surface area contributed by atoms with Crippen molar-refractivity contribution in [3.05, 3.63) is 11.6 Å². The average molecular weight is 393 g/mol. The lowest BCUT2D eigenvalue weighted by atomic mass is 9.97. The predicted octanol–water partition coefficient (Wildman–Crippen LogP) is 0.457. The van der Waals surface area contributed by atoms with Gasteiger partial charge in [-0.05, 0) is 52.2 Å². The van der Waals surface area contributed by atoms with Gasteiger partial charge in [-0.2, -0.15) is 0 Å². The Hall–Kier alpha value is -1.64. The van der Waals surface area contributed by atoms with E-state index in [0.29, 0.717) is 12.1 Å². The molecule has 0 aliphatic carbocycles. The van der Waals surface area contributed by atoms with Crippen LogP contribution in [0.3, 0.4) is 0 Å². The Morgan fingerprint density at radius 1 is 1.25 bits per heavy atom. The fourth-order valence-electron chi connectivity index (χ4n) is 4.81. The monoisotopic (exact) mass is 392 g/mol. The molecule has 3 rings (SSSR count). The molecule has 0 atom stereocenters. The Morgan fingerprint density at radius 3 is 2.50 bits per heavy atom. The van der Waals surface area contributed by atoms with Crippen molar-refractivity contribution in [3.63, 3.8) is 0 Å². The van der Waals surface area contributed by atoms with Gasteiger partial charge in [-0.25, -0.2) is 0 Å². The van der Waals surface area contributed by atoms with Gasteiger partial charge in [0.15, 0.2) is 5.96 Å². The first-order valence-corrected chi connectivity index (χ1v) is 10.6. The van der Waals surface area contributed by atoms with Gasteiger partial charge in [-0.1, -0.05) is 11.6 Å². The number of nitrogens with two attached hydrogens (primary N) is 1. The first-order chi connectivity index (χ1) is 13.4. The van der Waals surface area contributed by atoms with E-state index in [9.17, 15) is 4.79 Å². The number of guanidine groups is 1. The second kappa shape index (κ2) is 9.71. The molecule has 28 heavy (non-hydrogen) atoms. The first kappa shape index (κ1) is 21.1. The van der Waals surface area contributed by atoms with Crippen molar-refractivity contribution in [2.24, 2.45) is 5.73 Å². The molecule has 8 heteroatoms. The second-order valence-corrected chi connectivity index (χ2v) is 8.53. The van der Waals surface area contributed by atoms with Crippen molar-refractivity contribution in [3.8, 4) is 0 Å². The highest BCUT2D eigenvalue weighted by molar-refractivity contribution is 5.75. The number of aliphatic carboxylic acids is 1. The average Bonchev–Trinajstić information content (AvgIpc) is 3.16. The topological polar surface area (TPSA) is 100 Å². The molecule has 2 saturated heterocycles. The summed E-state index contributed by atoms with van der Waals surface area (Å²) in [5.74, 6) is -0.551. The van der Waals surface area contributed by atoms with Crippen LogP contribution < -0.4 is 5.73 Å². The number of hydrogen-bond acceptors (Lipinski definition) is 5. The SMILES string of the molecule is CN(CCC1=CCN(C(=N)N)C1)C1CCN(C2CCN(CC(=O)O)CC2)CC1. The maximum absolute atomic E-state index is 10.9. The molecular weight excluding hydrogens is 356 g/mol. The Labute approximate surface area is 168 Å². The standard InChI is InChI=1S/C20H36N6O2/c1-23(8-2-16-3-11-26(14-16)20(21)22)17-6-12-25(13-7-17)18-4-9-24(10-5-18)15-19(27)28/h3,17-18H,2,4-15H2,1H3,(H3,21,22)(H,27,28). The summed E-state index contributed by atoms with van der Waals surface area (Å²) in [5.41, 5.74) is 6.96. The molecule has 8 nitrogen and oxygen atoms in total. The third-order valence-electron chi connectivity index (χ3n) is 6.68. The molecule has 0 unspecified atom stereocenters. The van der Waals surface area contributed by atoms with E-state index >= 15 is 0 Å². The third-order valence-corrected chi connectivity index (χ3v) is 6.68. The van der Waals surface area contributed by atoms with Crippen LogP contribution in [-0.4, -0.2) is 108 Å². The highest BCUT2D eigenvalue weighted by Gasteiger charge is 2.30. The van der Waals surface area contributed by atoms with Gasteiger partial charge >= 0.3 is 5.97 Å². The normalized spacial score (nSPS) is 23.4. The summed E-state index contributed by atoms with van der Waals surface area (Å²) in [6, 6.07) is 1.27. The highest BCUT2D eigenvalue weighted by Crippen LogP contribution is 2.23. The van der Waals surface area contributed by atoms with E-state index in [0.717, 1.165) is 65.1 Å². The van der Waals surface area contributed by atoms with Crippen molar-refractivity contribution >= 4 is 11.9 Å². The fraction of sp³-hybridized carbons (Fsp3) is 0.800. The minimum absolute atomic E-state index is 0.167. The van der Waals surface area contributed by atoms with E-state index in [1.807, 2.05) is 4.90 Å². The van der Waals surface area contributed by atoms with E-state index in [1.54, 1.807) is 0 Å². The molecule has 0 aromatic carbocycles.